The Hall–Kier alpha value is -1.29. The molecule has 0 aliphatic heterocycles. The van der Waals surface area contributed by atoms with Gasteiger partial charge in [-0.2, -0.15) is 5.10 Å². The third-order valence-corrected chi connectivity index (χ3v) is 1.60. The summed E-state index contributed by atoms with van der Waals surface area (Å²) in [6, 6.07) is 3.30. The molecule has 0 atom stereocenters. The van der Waals surface area contributed by atoms with Gasteiger partial charge in [-0.3, -0.25) is 0 Å². The summed E-state index contributed by atoms with van der Waals surface area (Å²) in [5.74, 6) is 0.406. The fraction of sp³-hybridized carbons (Fsp3) is 0. The van der Waals surface area contributed by atoms with Gasteiger partial charge in [-0.1, -0.05) is 11.6 Å². The molecule has 0 radical (unpaired) electrons. The van der Waals surface area contributed by atoms with Crippen LogP contribution in [0.25, 0.3) is 5.65 Å². The summed E-state index contributed by atoms with van der Waals surface area (Å²) in [5, 5.41) is 4.40. The summed E-state index contributed by atoms with van der Waals surface area (Å²) in [6.45, 7) is 0. The molecule has 11 heavy (non-hydrogen) atoms. The van der Waals surface area contributed by atoms with Gasteiger partial charge < -0.3 is 5.73 Å². The number of aromatic nitrogens is 3. The summed E-state index contributed by atoms with van der Waals surface area (Å²) in [6.07, 6.45) is 1.62. The molecular formula is C6H5ClN4. The predicted octanol–water partition coefficient (Wildman–Crippen LogP) is 0.965. The Morgan fingerprint density at radius 1 is 1.55 bits per heavy atom. The van der Waals surface area contributed by atoms with Crippen LogP contribution in [0.4, 0.5) is 5.82 Å². The highest BCUT2D eigenvalue weighted by molar-refractivity contribution is 6.29. The Bertz CT molecular complexity index is 394. The Balaban J connectivity index is 2.91. The van der Waals surface area contributed by atoms with E-state index >= 15 is 0 Å². The second-order valence-electron chi connectivity index (χ2n) is 2.10. The van der Waals surface area contributed by atoms with Crippen LogP contribution in [0.1, 0.15) is 0 Å². The van der Waals surface area contributed by atoms with Crippen molar-refractivity contribution in [1.82, 2.24) is 14.6 Å². The molecule has 0 fully saturated rings. The van der Waals surface area contributed by atoms with Crippen molar-refractivity contribution in [3.8, 4) is 0 Å². The van der Waals surface area contributed by atoms with Crippen LogP contribution in [-0.2, 0) is 0 Å². The van der Waals surface area contributed by atoms with Crippen molar-refractivity contribution in [1.29, 1.82) is 0 Å². The van der Waals surface area contributed by atoms with Crippen LogP contribution in [0.2, 0.25) is 5.15 Å². The Morgan fingerprint density at radius 2 is 2.36 bits per heavy atom. The smallest absolute Gasteiger partial charge is 0.159 e. The van der Waals surface area contributed by atoms with Gasteiger partial charge in [0.05, 0.1) is 6.20 Å². The van der Waals surface area contributed by atoms with Crippen molar-refractivity contribution >= 4 is 23.1 Å². The van der Waals surface area contributed by atoms with Gasteiger partial charge in [-0.25, -0.2) is 9.50 Å². The number of halogens is 1. The number of anilines is 1. The lowest BCUT2D eigenvalue weighted by Gasteiger charge is -1.96. The third kappa shape index (κ3) is 0.914. The maximum absolute atomic E-state index is 5.78. The van der Waals surface area contributed by atoms with Gasteiger partial charge in [-0.15, -0.1) is 0 Å². The highest BCUT2D eigenvalue weighted by Crippen LogP contribution is 2.12. The summed E-state index contributed by atoms with van der Waals surface area (Å²) in [5.41, 5.74) is 6.11. The summed E-state index contributed by atoms with van der Waals surface area (Å²) in [4.78, 5) is 3.99. The SMILES string of the molecule is Nc1cc(Cl)n2nccc2n1. The number of rotatable bonds is 0. The Kier molecular flexibility index (Phi) is 1.22. The molecule has 0 bridgehead atoms. The molecule has 0 amide bonds. The van der Waals surface area contributed by atoms with Crippen molar-refractivity contribution in [2.45, 2.75) is 0 Å². The standard InChI is InChI=1S/C6H5ClN4/c7-4-3-5(8)10-6-1-2-9-11(4)6/h1-3H,(H2,8,10). The van der Waals surface area contributed by atoms with Gasteiger partial charge in [0.2, 0.25) is 0 Å². The first-order valence-corrected chi connectivity index (χ1v) is 3.41. The number of nitrogen functional groups attached to an aromatic ring is 1. The average molecular weight is 169 g/mol. The van der Waals surface area contributed by atoms with Crippen LogP contribution >= 0.6 is 11.6 Å². The van der Waals surface area contributed by atoms with Crippen molar-refractivity contribution < 1.29 is 0 Å². The first-order valence-electron chi connectivity index (χ1n) is 3.03. The lowest BCUT2D eigenvalue weighted by atomic mass is 10.5. The highest BCUT2D eigenvalue weighted by Gasteiger charge is 2.00. The van der Waals surface area contributed by atoms with E-state index in [0.29, 0.717) is 16.6 Å². The topological polar surface area (TPSA) is 56.2 Å². The first-order chi connectivity index (χ1) is 5.27. The lowest BCUT2D eigenvalue weighted by Crippen LogP contribution is -1.96. The summed E-state index contributed by atoms with van der Waals surface area (Å²) >= 11 is 5.78. The largest absolute Gasteiger partial charge is 0.384 e. The molecule has 0 aromatic carbocycles. The van der Waals surface area contributed by atoms with Crippen LogP contribution in [0.5, 0.6) is 0 Å². The van der Waals surface area contributed by atoms with E-state index in [9.17, 15) is 0 Å². The fourth-order valence-corrected chi connectivity index (χ4v) is 1.14. The molecule has 4 nitrogen and oxygen atoms in total. The van der Waals surface area contributed by atoms with E-state index < -0.39 is 0 Å². The van der Waals surface area contributed by atoms with Crippen molar-refractivity contribution in [3.05, 3.63) is 23.5 Å². The van der Waals surface area contributed by atoms with Gasteiger partial charge in [0.15, 0.2) is 5.65 Å². The summed E-state index contributed by atoms with van der Waals surface area (Å²) < 4.78 is 1.51. The fourth-order valence-electron chi connectivity index (χ4n) is 0.893. The van der Waals surface area contributed by atoms with E-state index in [1.54, 1.807) is 18.3 Å². The zero-order valence-electron chi connectivity index (χ0n) is 5.53. The molecular weight excluding hydrogens is 164 g/mol. The maximum atomic E-state index is 5.78. The molecule has 2 heterocycles. The monoisotopic (exact) mass is 168 g/mol. The molecule has 5 heteroatoms. The van der Waals surface area contributed by atoms with Gasteiger partial charge in [0.1, 0.15) is 11.0 Å². The lowest BCUT2D eigenvalue weighted by molar-refractivity contribution is 0.942. The third-order valence-electron chi connectivity index (χ3n) is 1.34. The van der Waals surface area contributed by atoms with E-state index in [4.69, 9.17) is 17.3 Å². The minimum absolute atomic E-state index is 0.406. The molecule has 2 aromatic rings. The summed E-state index contributed by atoms with van der Waals surface area (Å²) in [7, 11) is 0. The van der Waals surface area contributed by atoms with Gasteiger partial charge >= 0.3 is 0 Å². The second kappa shape index (κ2) is 2.10. The van der Waals surface area contributed by atoms with E-state index in [1.807, 2.05) is 0 Å². The molecule has 0 saturated carbocycles. The molecule has 0 aliphatic rings. The number of nitrogens with two attached hydrogens (primary N) is 1. The first kappa shape index (κ1) is 6.42. The number of hydrogen-bond acceptors (Lipinski definition) is 3. The number of fused-ring (bicyclic) bond motifs is 1. The average Bonchev–Trinajstić information content (AvgIpc) is 2.34. The minimum atomic E-state index is 0.406. The highest BCUT2D eigenvalue weighted by atomic mass is 35.5. The quantitative estimate of drug-likeness (QED) is 0.597. The zero-order chi connectivity index (χ0) is 7.84. The maximum Gasteiger partial charge on any atom is 0.159 e. The second-order valence-corrected chi connectivity index (χ2v) is 2.49. The molecule has 2 aromatic heterocycles. The molecule has 0 unspecified atom stereocenters. The van der Waals surface area contributed by atoms with E-state index in [-0.39, 0.29) is 0 Å². The Labute approximate surface area is 67.6 Å². The molecule has 0 aliphatic carbocycles. The predicted molar refractivity (Wildman–Crippen MR) is 42.4 cm³/mol. The molecule has 56 valence electrons. The molecule has 0 saturated heterocycles. The van der Waals surface area contributed by atoms with Gasteiger partial charge in [0.25, 0.3) is 0 Å². The van der Waals surface area contributed by atoms with E-state index in [0.717, 1.165) is 0 Å². The van der Waals surface area contributed by atoms with Gasteiger partial charge in [0, 0.05) is 12.1 Å². The Morgan fingerprint density at radius 3 is 3.18 bits per heavy atom. The van der Waals surface area contributed by atoms with Crippen LogP contribution in [-0.4, -0.2) is 14.6 Å². The number of nitrogens with zero attached hydrogens (tertiary/aromatic N) is 3. The normalized spacial score (nSPS) is 10.6. The molecule has 2 rings (SSSR count). The van der Waals surface area contributed by atoms with Gasteiger partial charge in [-0.05, 0) is 0 Å². The zero-order valence-corrected chi connectivity index (χ0v) is 6.28. The number of hydrogen-bond donors (Lipinski definition) is 1. The van der Waals surface area contributed by atoms with E-state index in [1.165, 1.54) is 4.52 Å². The van der Waals surface area contributed by atoms with Crippen molar-refractivity contribution in [2.24, 2.45) is 0 Å². The van der Waals surface area contributed by atoms with Crippen LogP contribution in [0.3, 0.4) is 0 Å². The molecule has 2 N–H and O–H groups in total. The van der Waals surface area contributed by atoms with Crippen LogP contribution in [0.15, 0.2) is 18.3 Å². The van der Waals surface area contributed by atoms with Crippen LogP contribution in [0, 0.1) is 0 Å². The van der Waals surface area contributed by atoms with Crippen LogP contribution < -0.4 is 5.73 Å². The minimum Gasteiger partial charge on any atom is -0.384 e. The van der Waals surface area contributed by atoms with E-state index in [2.05, 4.69) is 10.1 Å². The van der Waals surface area contributed by atoms with Crippen molar-refractivity contribution in [3.63, 3.8) is 0 Å². The van der Waals surface area contributed by atoms with Crippen molar-refractivity contribution in [2.75, 3.05) is 5.73 Å². The molecule has 0 spiro atoms.